The van der Waals surface area contributed by atoms with Crippen LogP contribution in [0.2, 0.25) is 0 Å². The smallest absolute Gasteiger partial charge is 0.284 e. The van der Waals surface area contributed by atoms with E-state index in [0.717, 1.165) is 18.7 Å². The summed E-state index contributed by atoms with van der Waals surface area (Å²) in [5.41, 5.74) is 2.03. The fourth-order valence-corrected chi connectivity index (χ4v) is 2.72. The number of hydrogen-bond donors (Lipinski definition) is 1. The van der Waals surface area contributed by atoms with E-state index in [4.69, 9.17) is 6.42 Å². The van der Waals surface area contributed by atoms with E-state index in [1.807, 2.05) is 0 Å². The number of nitrogens with one attached hydrogen (secondary N) is 1. The molecule has 0 aromatic carbocycles. The van der Waals surface area contributed by atoms with Crippen molar-refractivity contribution < 1.29 is 0 Å². The summed E-state index contributed by atoms with van der Waals surface area (Å²) in [6.07, 6.45) is 15.2. The molecular weight excluding hydrogens is 318 g/mol. The van der Waals surface area contributed by atoms with Gasteiger partial charge in [-0.15, -0.1) is 6.42 Å². The maximum atomic E-state index is 12.0. The van der Waals surface area contributed by atoms with Gasteiger partial charge in [0.15, 0.2) is 0 Å². The van der Waals surface area contributed by atoms with E-state index >= 15 is 0 Å². The maximum Gasteiger partial charge on any atom is 0.284 e. The van der Waals surface area contributed by atoms with Gasteiger partial charge in [0.2, 0.25) is 0 Å². The molecule has 0 aliphatic heterocycles. The predicted molar refractivity (Wildman–Crippen MR) is 84.7 cm³/mol. The summed E-state index contributed by atoms with van der Waals surface area (Å²) in [6, 6.07) is 0. The molecule has 0 unspecified atom stereocenters. The Labute approximate surface area is 127 Å². The van der Waals surface area contributed by atoms with Crippen LogP contribution >= 0.6 is 15.9 Å². The van der Waals surface area contributed by atoms with Gasteiger partial charge in [-0.3, -0.25) is 4.79 Å². The monoisotopic (exact) mass is 335 g/mol. The molecule has 0 atom stereocenters. The number of allylic oxidation sites excluding steroid dienone is 1. The third-order valence-electron chi connectivity index (χ3n) is 3.37. The van der Waals surface area contributed by atoms with Crippen molar-refractivity contribution in [1.29, 1.82) is 0 Å². The van der Waals surface area contributed by atoms with Gasteiger partial charge in [-0.25, -0.2) is 4.68 Å². The normalized spacial score (nSPS) is 14.5. The summed E-state index contributed by atoms with van der Waals surface area (Å²) >= 11 is 3.31. The van der Waals surface area contributed by atoms with Crippen LogP contribution in [-0.2, 0) is 6.54 Å². The number of terminal acetylenes is 1. The first-order chi connectivity index (χ1) is 9.72. The molecule has 0 radical (unpaired) electrons. The van der Waals surface area contributed by atoms with Crippen molar-refractivity contribution in [3.63, 3.8) is 0 Å². The molecule has 0 spiro atoms. The summed E-state index contributed by atoms with van der Waals surface area (Å²) in [5, 5.41) is 7.30. The summed E-state index contributed by atoms with van der Waals surface area (Å²) in [4.78, 5) is 12.0. The lowest BCUT2D eigenvalue weighted by Gasteiger charge is -2.14. The van der Waals surface area contributed by atoms with Crippen molar-refractivity contribution in [2.24, 2.45) is 0 Å². The molecule has 1 aromatic rings. The lowest BCUT2D eigenvalue weighted by atomic mass is 9.97. The van der Waals surface area contributed by atoms with Crippen LogP contribution in [0.1, 0.15) is 32.1 Å². The molecule has 1 aromatic heterocycles. The quantitative estimate of drug-likeness (QED) is 0.664. The molecule has 5 heteroatoms. The Bertz CT molecular complexity index is 598. The molecule has 106 valence electrons. The maximum absolute atomic E-state index is 12.0. The molecule has 4 nitrogen and oxygen atoms in total. The lowest BCUT2D eigenvalue weighted by molar-refractivity contribution is 0.658. The molecule has 0 amide bonds. The lowest BCUT2D eigenvalue weighted by Crippen LogP contribution is -2.24. The fourth-order valence-electron chi connectivity index (χ4n) is 2.28. The third-order valence-corrected chi connectivity index (χ3v) is 4.14. The average molecular weight is 336 g/mol. The summed E-state index contributed by atoms with van der Waals surface area (Å²) in [5.74, 6) is 2.41. The number of hydrogen-bond acceptors (Lipinski definition) is 3. The minimum Gasteiger partial charge on any atom is -0.382 e. The highest BCUT2D eigenvalue weighted by molar-refractivity contribution is 9.10. The second-order valence-corrected chi connectivity index (χ2v) is 5.62. The van der Waals surface area contributed by atoms with Gasteiger partial charge in [0.05, 0.1) is 11.9 Å². The van der Waals surface area contributed by atoms with Crippen molar-refractivity contribution >= 4 is 21.6 Å². The van der Waals surface area contributed by atoms with Gasteiger partial charge < -0.3 is 5.32 Å². The molecule has 0 saturated heterocycles. The average Bonchev–Trinajstić information content (AvgIpc) is 2.48. The van der Waals surface area contributed by atoms with Crippen LogP contribution < -0.4 is 10.9 Å². The first kappa shape index (κ1) is 14.9. The van der Waals surface area contributed by atoms with Gasteiger partial charge in [0.25, 0.3) is 5.56 Å². The topological polar surface area (TPSA) is 46.9 Å². The number of anilines is 1. The van der Waals surface area contributed by atoms with Crippen LogP contribution in [-0.4, -0.2) is 16.3 Å². The van der Waals surface area contributed by atoms with E-state index in [2.05, 4.69) is 38.3 Å². The van der Waals surface area contributed by atoms with Crippen molar-refractivity contribution in [3.05, 3.63) is 32.7 Å². The molecule has 1 heterocycles. The molecule has 2 rings (SSSR count). The zero-order valence-electron chi connectivity index (χ0n) is 11.4. The van der Waals surface area contributed by atoms with E-state index < -0.39 is 0 Å². The highest BCUT2D eigenvalue weighted by atomic mass is 79.9. The highest BCUT2D eigenvalue weighted by Crippen LogP contribution is 2.21. The van der Waals surface area contributed by atoms with Crippen LogP contribution in [0.25, 0.3) is 0 Å². The Morgan fingerprint density at radius 2 is 2.35 bits per heavy atom. The van der Waals surface area contributed by atoms with E-state index in [1.54, 1.807) is 6.20 Å². The summed E-state index contributed by atoms with van der Waals surface area (Å²) in [6.45, 7) is 0.995. The Hall–Kier alpha value is -1.54. The Morgan fingerprint density at radius 1 is 1.50 bits per heavy atom. The molecular formula is C15H18BrN3O. The van der Waals surface area contributed by atoms with Gasteiger partial charge in [-0.1, -0.05) is 17.6 Å². The largest absolute Gasteiger partial charge is 0.382 e. The van der Waals surface area contributed by atoms with Crippen LogP contribution in [0.5, 0.6) is 0 Å². The molecule has 0 fully saturated rings. The Balaban J connectivity index is 1.96. The second-order valence-electron chi connectivity index (χ2n) is 4.82. The first-order valence-corrected chi connectivity index (χ1v) is 7.62. The number of aromatic nitrogens is 2. The minimum absolute atomic E-state index is 0.185. The zero-order valence-corrected chi connectivity index (χ0v) is 12.9. The molecule has 0 saturated carbocycles. The van der Waals surface area contributed by atoms with E-state index in [0.29, 0.717) is 4.47 Å². The summed E-state index contributed by atoms with van der Waals surface area (Å²) in [7, 11) is 0. The second kappa shape index (κ2) is 7.30. The van der Waals surface area contributed by atoms with E-state index in [1.165, 1.54) is 35.9 Å². The Kier molecular flexibility index (Phi) is 5.42. The standard InChI is InChI=1S/C15H18BrN3O/c1-2-10-19-15(20)14(16)13(11-18-19)17-9-8-12-6-4-3-5-7-12/h1,6,11,17H,3-5,7-10H2. The predicted octanol–water partition coefficient (Wildman–Crippen LogP) is 2.94. The first-order valence-electron chi connectivity index (χ1n) is 6.83. The zero-order chi connectivity index (χ0) is 14.4. The Morgan fingerprint density at radius 3 is 3.05 bits per heavy atom. The van der Waals surface area contributed by atoms with Crippen molar-refractivity contribution in [1.82, 2.24) is 9.78 Å². The molecule has 0 bridgehead atoms. The van der Waals surface area contributed by atoms with Crippen molar-refractivity contribution in [3.8, 4) is 12.3 Å². The number of halogens is 1. The fraction of sp³-hybridized carbons (Fsp3) is 0.467. The number of rotatable bonds is 5. The number of nitrogens with zero attached hydrogens (tertiary/aromatic N) is 2. The van der Waals surface area contributed by atoms with Crippen molar-refractivity contribution in [2.75, 3.05) is 11.9 Å². The van der Waals surface area contributed by atoms with Gasteiger partial charge >= 0.3 is 0 Å². The van der Waals surface area contributed by atoms with Crippen molar-refractivity contribution in [2.45, 2.75) is 38.6 Å². The molecule has 1 aliphatic carbocycles. The van der Waals surface area contributed by atoms with Gasteiger partial charge in [0.1, 0.15) is 11.0 Å². The third kappa shape index (κ3) is 3.73. The van der Waals surface area contributed by atoms with Crippen LogP contribution in [0.4, 0.5) is 5.69 Å². The van der Waals surface area contributed by atoms with E-state index in [9.17, 15) is 4.79 Å². The molecule has 20 heavy (non-hydrogen) atoms. The van der Waals surface area contributed by atoms with Gasteiger partial charge in [0, 0.05) is 6.54 Å². The molecule has 1 N–H and O–H groups in total. The minimum atomic E-state index is -0.204. The van der Waals surface area contributed by atoms with Gasteiger partial charge in [-0.2, -0.15) is 5.10 Å². The molecule has 1 aliphatic rings. The summed E-state index contributed by atoms with van der Waals surface area (Å²) < 4.78 is 1.75. The highest BCUT2D eigenvalue weighted by Gasteiger charge is 2.08. The van der Waals surface area contributed by atoms with Crippen LogP contribution in [0.3, 0.4) is 0 Å². The SMILES string of the molecule is C#CCn1ncc(NCCC2=CCCCC2)c(Br)c1=O. The van der Waals surface area contributed by atoms with Gasteiger partial charge in [-0.05, 0) is 48.0 Å². The van der Waals surface area contributed by atoms with E-state index in [-0.39, 0.29) is 12.1 Å². The van der Waals surface area contributed by atoms with Crippen LogP contribution in [0, 0.1) is 12.3 Å². The van der Waals surface area contributed by atoms with Crippen LogP contribution in [0.15, 0.2) is 27.1 Å².